The second kappa shape index (κ2) is 3.39. The van der Waals surface area contributed by atoms with E-state index >= 15 is 0 Å². The van der Waals surface area contributed by atoms with E-state index < -0.39 is 0 Å². The zero-order valence-corrected chi connectivity index (χ0v) is 2.55. The lowest BCUT2D eigenvalue weighted by molar-refractivity contribution is -0.299. The quantitative estimate of drug-likeness (QED) is 0.272. The Hall–Kier alpha value is -0.610. The molecule has 0 atom stereocenters. The van der Waals surface area contributed by atoms with Crippen LogP contribution in [-0.2, 0) is 9.98 Å². The van der Waals surface area contributed by atoms with Crippen LogP contribution in [0.3, 0.4) is 0 Å². The Labute approximate surface area is 29.0 Å². The second-order valence-corrected chi connectivity index (χ2v) is 0.300. The van der Waals surface area contributed by atoms with Gasteiger partial charge < -0.3 is 0 Å². The first-order valence-electron chi connectivity index (χ1n) is 0.901. The predicted molar refractivity (Wildman–Crippen MR) is 15.9 cm³/mol. The van der Waals surface area contributed by atoms with Crippen LogP contribution in [0.5, 0.6) is 0 Å². The first-order chi connectivity index (χ1) is 2.41. The molecule has 4 heteroatoms. The molecule has 0 aromatic heterocycles. The lowest BCUT2D eigenvalue weighted by Crippen LogP contribution is -1.93. The highest BCUT2D eigenvalue weighted by atomic mass is 17.3. The fraction of sp³-hybridized carbons (Fsp3) is 0. The van der Waals surface area contributed by atoms with Crippen LogP contribution in [0.1, 0.15) is 0 Å². The third-order valence-electron chi connectivity index (χ3n) is 0.0957. The molecular weight excluding hydrogens is 72.0 g/mol. The molecule has 0 aromatic carbocycles. The van der Waals surface area contributed by atoms with Gasteiger partial charge in [-0.3, -0.25) is 0 Å². The Morgan fingerprint density at radius 2 is 2.40 bits per heavy atom. The molecule has 5 heavy (non-hydrogen) atoms. The zero-order chi connectivity index (χ0) is 4.12. The van der Waals surface area contributed by atoms with Crippen molar-refractivity contribution in [2.75, 3.05) is 0 Å². The summed E-state index contributed by atoms with van der Waals surface area (Å²) in [6, 6.07) is 0. The third kappa shape index (κ3) is 3.39. The minimum atomic E-state index is 2.76. The van der Waals surface area contributed by atoms with E-state index in [1.54, 1.807) is 0 Å². The second-order valence-electron chi connectivity index (χ2n) is 0.300. The van der Waals surface area contributed by atoms with E-state index in [2.05, 4.69) is 27.7 Å². The minimum Gasteiger partial charge on any atom is -0.202 e. The van der Waals surface area contributed by atoms with Gasteiger partial charge in [-0.15, -0.1) is 0 Å². The van der Waals surface area contributed by atoms with Gasteiger partial charge in [0.1, 0.15) is 0 Å². The van der Waals surface area contributed by atoms with Crippen molar-refractivity contribution in [2.45, 2.75) is 0 Å². The summed E-state index contributed by atoms with van der Waals surface area (Å²) < 4.78 is 0. The smallest absolute Gasteiger partial charge is 0.0341 e. The lowest BCUT2D eigenvalue weighted by Gasteiger charge is -1.79. The van der Waals surface area contributed by atoms with Gasteiger partial charge in [0.25, 0.3) is 0 Å². The predicted octanol–water partition coefficient (Wildman–Crippen LogP) is -0.576. The highest BCUT2D eigenvalue weighted by Crippen LogP contribution is 1.59. The maximum absolute atomic E-state index is 4.28. The molecule has 0 unspecified atom stereocenters. The van der Waals surface area contributed by atoms with E-state index in [-0.39, 0.29) is 0 Å². The molecule has 0 radical (unpaired) electrons. The standard InChI is InChI=1S/CH4N2O2/c1-3-5-4-2/h1-2H2. The summed E-state index contributed by atoms with van der Waals surface area (Å²) in [6.45, 7) is 2.87. The number of hydrogen-bond donors (Lipinski definition) is 1. The normalized spacial score (nSPS) is 6.60. The third-order valence-corrected chi connectivity index (χ3v) is 0.0957. The minimum absolute atomic E-state index is 2.76. The van der Waals surface area contributed by atoms with Crippen LogP contribution in [0, 0.1) is 0 Å². The van der Waals surface area contributed by atoms with Crippen LogP contribution in [-0.4, -0.2) is 6.72 Å². The monoisotopic (exact) mass is 76.0 g/mol. The molecule has 0 aromatic rings. The van der Waals surface area contributed by atoms with Gasteiger partial charge >= 0.3 is 0 Å². The van der Waals surface area contributed by atoms with Crippen molar-refractivity contribution in [3.8, 4) is 0 Å². The van der Waals surface area contributed by atoms with Crippen molar-refractivity contribution in [3.63, 3.8) is 0 Å². The average Bonchev–Trinajstić information content (AvgIpc) is 1.41. The first kappa shape index (κ1) is 4.39. The van der Waals surface area contributed by atoms with Crippen LogP contribution in [0.25, 0.3) is 0 Å². The Kier molecular flexibility index (Phi) is 2.98. The van der Waals surface area contributed by atoms with Gasteiger partial charge in [0, 0.05) is 6.72 Å². The molecule has 0 heterocycles. The van der Waals surface area contributed by atoms with Crippen LogP contribution in [0.15, 0.2) is 5.16 Å². The Bertz CT molecular complexity index is 28.8. The van der Waals surface area contributed by atoms with E-state index in [0.717, 1.165) is 0 Å². The van der Waals surface area contributed by atoms with Gasteiger partial charge in [0.05, 0.1) is 0 Å². The van der Waals surface area contributed by atoms with E-state index in [9.17, 15) is 0 Å². The van der Waals surface area contributed by atoms with Crippen molar-refractivity contribution in [1.29, 1.82) is 0 Å². The van der Waals surface area contributed by atoms with Gasteiger partial charge in [0.2, 0.25) is 0 Å². The van der Waals surface area contributed by atoms with E-state index in [4.69, 9.17) is 0 Å². The molecule has 0 saturated heterocycles. The van der Waals surface area contributed by atoms with E-state index in [1.165, 1.54) is 0 Å². The topological polar surface area (TPSA) is 56.8 Å². The van der Waals surface area contributed by atoms with Crippen LogP contribution in [0.4, 0.5) is 0 Å². The SMILES string of the molecule is C=NOON. The van der Waals surface area contributed by atoms with Gasteiger partial charge in [-0.25, -0.2) is 4.99 Å². The van der Waals surface area contributed by atoms with Gasteiger partial charge in [0.15, 0.2) is 0 Å². The summed E-state index contributed by atoms with van der Waals surface area (Å²) in [6.07, 6.45) is 0. The number of nitrogens with zero attached hydrogens (tertiary/aromatic N) is 1. The summed E-state index contributed by atoms with van der Waals surface area (Å²) in [7, 11) is 0. The molecule has 0 aliphatic carbocycles. The molecule has 2 N–H and O–H groups in total. The van der Waals surface area contributed by atoms with Crippen LogP contribution >= 0.6 is 0 Å². The maximum Gasteiger partial charge on any atom is 0.0341 e. The average molecular weight is 76.1 g/mol. The highest BCUT2D eigenvalue weighted by molar-refractivity contribution is 5.21. The molecule has 0 bridgehead atoms. The van der Waals surface area contributed by atoms with Gasteiger partial charge in [-0.2, -0.15) is 5.90 Å². The molecule has 0 aliphatic rings. The summed E-state index contributed by atoms with van der Waals surface area (Å²) >= 11 is 0. The molecule has 30 valence electrons. The van der Waals surface area contributed by atoms with E-state index in [1.807, 2.05) is 0 Å². The number of rotatable bonds is 2. The van der Waals surface area contributed by atoms with Gasteiger partial charge in [-0.1, -0.05) is 10.1 Å². The fourth-order valence-electron chi connectivity index (χ4n) is 0.0304. The molecule has 0 amide bonds. The Morgan fingerprint density at radius 1 is 1.80 bits per heavy atom. The van der Waals surface area contributed by atoms with Crippen molar-refractivity contribution < 1.29 is 9.98 Å². The summed E-state index contributed by atoms with van der Waals surface area (Å²) in [5.41, 5.74) is 0. The summed E-state index contributed by atoms with van der Waals surface area (Å²) in [4.78, 5) is 7.09. The van der Waals surface area contributed by atoms with Gasteiger partial charge in [-0.05, 0) is 0 Å². The summed E-state index contributed by atoms with van der Waals surface area (Å²) in [5, 5.41) is 2.76. The Morgan fingerprint density at radius 3 is 2.40 bits per heavy atom. The first-order valence-corrected chi connectivity index (χ1v) is 0.901. The molecule has 0 rings (SSSR count). The largest absolute Gasteiger partial charge is 0.202 e. The molecule has 0 spiro atoms. The van der Waals surface area contributed by atoms with Crippen LogP contribution in [0.2, 0.25) is 0 Å². The Balaban J connectivity index is 2.40. The lowest BCUT2D eigenvalue weighted by atomic mass is 11.8. The number of hydrogen-bond acceptors (Lipinski definition) is 4. The van der Waals surface area contributed by atoms with Crippen molar-refractivity contribution in [3.05, 3.63) is 0 Å². The van der Waals surface area contributed by atoms with Crippen molar-refractivity contribution in [1.82, 2.24) is 0 Å². The molecule has 0 saturated carbocycles. The maximum atomic E-state index is 4.28. The number of oxime groups is 1. The number of nitrogens with two attached hydrogens (primary N) is 1. The molecule has 0 aliphatic heterocycles. The summed E-state index contributed by atoms with van der Waals surface area (Å²) in [5.74, 6) is 4.28. The molecule has 0 fully saturated rings. The van der Waals surface area contributed by atoms with E-state index in [0.29, 0.717) is 0 Å². The zero-order valence-electron chi connectivity index (χ0n) is 2.55. The van der Waals surface area contributed by atoms with Crippen molar-refractivity contribution in [2.24, 2.45) is 11.1 Å². The highest BCUT2D eigenvalue weighted by Gasteiger charge is 1.55. The molecule has 4 nitrogen and oxygen atoms in total. The van der Waals surface area contributed by atoms with Crippen molar-refractivity contribution >= 4 is 6.72 Å². The van der Waals surface area contributed by atoms with Crippen LogP contribution < -0.4 is 5.90 Å². The molecular formula is CH4N2O2. The fourth-order valence-corrected chi connectivity index (χ4v) is 0.0304.